The lowest BCUT2D eigenvalue weighted by molar-refractivity contribution is -0.136. The summed E-state index contributed by atoms with van der Waals surface area (Å²) in [7, 11) is 0. The van der Waals surface area contributed by atoms with Crippen molar-refractivity contribution in [3.8, 4) is 0 Å². The maximum absolute atomic E-state index is 13.9. The molecule has 162 valence electrons. The molecule has 0 aromatic heterocycles. The summed E-state index contributed by atoms with van der Waals surface area (Å²) in [6.07, 6.45) is 0. The lowest BCUT2D eigenvalue weighted by Crippen LogP contribution is -2.47. The van der Waals surface area contributed by atoms with Crippen molar-refractivity contribution in [1.29, 1.82) is 0 Å². The van der Waals surface area contributed by atoms with Crippen LogP contribution in [0.3, 0.4) is 0 Å². The number of halogens is 5. The molecule has 4 nitrogen and oxygen atoms in total. The largest absolute Gasteiger partial charge is 0.372 e. The number of nitrogens with one attached hydrogen (secondary N) is 2. The van der Waals surface area contributed by atoms with Gasteiger partial charge in [0.15, 0.2) is 28.9 Å². The van der Waals surface area contributed by atoms with Crippen molar-refractivity contribution >= 4 is 11.6 Å². The Bertz CT molecular complexity index is 1060. The quantitative estimate of drug-likeness (QED) is 0.241. The smallest absolute Gasteiger partial charge is 0.279 e. The van der Waals surface area contributed by atoms with Crippen LogP contribution in [0.5, 0.6) is 0 Å². The summed E-state index contributed by atoms with van der Waals surface area (Å²) in [6.45, 7) is 3.58. The average molecular weight is 436 g/mol. The van der Waals surface area contributed by atoms with E-state index >= 15 is 0 Å². The van der Waals surface area contributed by atoms with Crippen LogP contribution < -0.4 is 10.9 Å². The van der Waals surface area contributed by atoms with Crippen LogP contribution in [0, 0.1) is 42.9 Å². The molecule has 0 aliphatic rings. The van der Waals surface area contributed by atoms with Gasteiger partial charge in [-0.3, -0.25) is 15.6 Å². The summed E-state index contributed by atoms with van der Waals surface area (Å²) in [4.78, 5) is 12.9. The van der Waals surface area contributed by atoms with E-state index in [-0.39, 0.29) is 11.1 Å². The number of benzene rings is 3. The van der Waals surface area contributed by atoms with E-state index in [2.05, 4.69) is 0 Å². The van der Waals surface area contributed by atoms with Crippen LogP contribution in [0.1, 0.15) is 22.3 Å². The first-order valence-electron chi connectivity index (χ1n) is 9.02. The van der Waals surface area contributed by atoms with E-state index in [1.165, 1.54) is 24.3 Å². The first-order chi connectivity index (χ1) is 14.6. The predicted octanol–water partition coefficient (Wildman–Crippen LogP) is 4.38. The number of rotatable bonds is 5. The molecule has 0 aliphatic heterocycles. The first-order valence-corrected chi connectivity index (χ1v) is 9.02. The molecule has 0 aliphatic carbocycles. The Kier molecular flexibility index (Phi) is 5.99. The fourth-order valence-corrected chi connectivity index (χ4v) is 2.94. The second-order valence-corrected chi connectivity index (χ2v) is 6.97. The van der Waals surface area contributed by atoms with Gasteiger partial charge in [0, 0.05) is 0 Å². The maximum atomic E-state index is 13.9. The first kappa shape index (κ1) is 22.2. The topological polar surface area (TPSA) is 61.4 Å². The van der Waals surface area contributed by atoms with E-state index in [1.54, 1.807) is 43.5 Å². The molecule has 0 saturated carbocycles. The number of carbonyl (C=O) groups excluding carboxylic acids is 1. The summed E-state index contributed by atoms with van der Waals surface area (Å²) < 4.78 is 67.8. The molecule has 0 unspecified atom stereocenters. The Morgan fingerprint density at radius 2 is 1.06 bits per heavy atom. The van der Waals surface area contributed by atoms with Gasteiger partial charge in [-0.15, -0.1) is 0 Å². The third-order valence-electron chi connectivity index (χ3n) is 4.78. The summed E-state index contributed by atoms with van der Waals surface area (Å²) >= 11 is 0. The monoisotopic (exact) mass is 436 g/mol. The van der Waals surface area contributed by atoms with Crippen molar-refractivity contribution in [2.45, 2.75) is 19.4 Å². The summed E-state index contributed by atoms with van der Waals surface area (Å²) in [5, 5.41) is 11.3. The van der Waals surface area contributed by atoms with Crippen LogP contribution in [-0.4, -0.2) is 11.0 Å². The van der Waals surface area contributed by atoms with Gasteiger partial charge in [0.25, 0.3) is 5.91 Å². The van der Waals surface area contributed by atoms with E-state index in [9.17, 15) is 31.9 Å². The number of hydrogen-bond donors (Lipinski definition) is 3. The highest BCUT2D eigenvalue weighted by Gasteiger charge is 2.40. The number of hydrogen-bond acceptors (Lipinski definition) is 3. The second kappa shape index (κ2) is 8.35. The van der Waals surface area contributed by atoms with Gasteiger partial charge in [-0.1, -0.05) is 59.7 Å². The van der Waals surface area contributed by atoms with Gasteiger partial charge in [0.2, 0.25) is 5.82 Å². The number of aliphatic hydroxyl groups is 1. The Morgan fingerprint density at radius 3 is 1.45 bits per heavy atom. The Labute approximate surface area is 174 Å². The molecule has 0 saturated heterocycles. The molecule has 3 aromatic carbocycles. The molecule has 1 amide bonds. The number of carbonyl (C=O) groups is 1. The highest BCUT2D eigenvalue weighted by Crippen LogP contribution is 2.31. The molecule has 3 rings (SSSR count). The highest BCUT2D eigenvalue weighted by molar-refractivity contribution is 5.91. The molecule has 3 N–H and O–H groups in total. The number of hydrazine groups is 1. The number of amides is 1. The molecule has 0 radical (unpaired) electrons. The summed E-state index contributed by atoms with van der Waals surface area (Å²) in [5.74, 6) is -12.2. The minimum Gasteiger partial charge on any atom is -0.372 e. The molecule has 0 fully saturated rings. The van der Waals surface area contributed by atoms with E-state index in [0.717, 1.165) is 11.1 Å². The lowest BCUT2D eigenvalue weighted by atomic mass is 9.85. The van der Waals surface area contributed by atoms with Crippen LogP contribution >= 0.6 is 0 Å². The van der Waals surface area contributed by atoms with Gasteiger partial charge < -0.3 is 5.11 Å². The molecule has 0 atom stereocenters. The van der Waals surface area contributed by atoms with E-state index in [4.69, 9.17) is 0 Å². The van der Waals surface area contributed by atoms with Crippen LogP contribution in [-0.2, 0) is 10.4 Å². The molecule has 0 heterocycles. The molecule has 3 aromatic rings. The van der Waals surface area contributed by atoms with Gasteiger partial charge in [-0.2, -0.15) is 0 Å². The normalized spacial score (nSPS) is 11.4. The molecule has 31 heavy (non-hydrogen) atoms. The Balaban J connectivity index is 2.01. The maximum Gasteiger partial charge on any atom is 0.279 e. The van der Waals surface area contributed by atoms with Crippen molar-refractivity contribution in [1.82, 2.24) is 5.43 Å². The van der Waals surface area contributed by atoms with E-state index in [0.29, 0.717) is 0 Å². The highest BCUT2D eigenvalue weighted by atomic mass is 19.2. The van der Waals surface area contributed by atoms with Crippen molar-refractivity contribution in [2.75, 3.05) is 5.43 Å². The fraction of sp³-hybridized carbons (Fsp3) is 0.136. The Morgan fingerprint density at radius 1 is 0.710 bits per heavy atom. The second-order valence-electron chi connectivity index (χ2n) is 6.97. The minimum atomic E-state index is -2.33. The molecular weight excluding hydrogens is 419 g/mol. The fourth-order valence-electron chi connectivity index (χ4n) is 2.94. The molecule has 9 heteroatoms. The van der Waals surface area contributed by atoms with Crippen molar-refractivity contribution in [2.24, 2.45) is 0 Å². The minimum absolute atomic E-state index is 0.124. The van der Waals surface area contributed by atoms with Crippen LogP contribution in [0.2, 0.25) is 0 Å². The summed E-state index contributed by atoms with van der Waals surface area (Å²) in [5.41, 5.74) is 1.69. The van der Waals surface area contributed by atoms with Crippen molar-refractivity contribution in [3.63, 3.8) is 0 Å². The number of anilines is 1. The standard InChI is InChI=1S/C22H17F5N2O2/c1-11-3-7-13(8-4-11)22(31,14-9-5-12(2)6-10-14)21(30)29-28-20-18(26)16(24)15(23)17(25)19(20)27/h3-10,28,31H,1-2H3,(H,29,30). The number of aryl methyl sites for hydroxylation is 2. The predicted molar refractivity (Wildman–Crippen MR) is 103 cm³/mol. The lowest BCUT2D eigenvalue weighted by Gasteiger charge is -2.28. The van der Waals surface area contributed by atoms with Crippen LogP contribution in [0.25, 0.3) is 0 Å². The van der Waals surface area contributed by atoms with Gasteiger partial charge in [-0.25, -0.2) is 22.0 Å². The Hall–Kier alpha value is -3.46. The van der Waals surface area contributed by atoms with Crippen molar-refractivity contribution < 1.29 is 31.9 Å². The average Bonchev–Trinajstić information content (AvgIpc) is 2.76. The molecule has 0 spiro atoms. The van der Waals surface area contributed by atoms with E-state index < -0.39 is 46.3 Å². The zero-order chi connectivity index (χ0) is 22.9. The van der Waals surface area contributed by atoms with Gasteiger partial charge >= 0.3 is 0 Å². The van der Waals surface area contributed by atoms with Crippen LogP contribution in [0.4, 0.5) is 27.6 Å². The van der Waals surface area contributed by atoms with Gasteiger partial charge in [0.1, 0.15) is 5.69 Å². The SMILES string of the molecule is Cc1ccc(C(O)(C(=O)NNc2c(F)c(F)c(F)c(F)c2F)c2ccc(C)cc2)cc1. The zero-order valence-corrected chi connectivity index (χ0v) is 16.4. The third kappa shape index (κ3) is 3.96. The molecule has 0 bridgehead atoms. The van der Waals surface area contributed by atoms with E-state index in [1.807, 2.05) is 5.43 Å². The van der Waals surface area contributed by atoms with Gasteiger partial charge in [-0.05, 0) is 25.0 Å². The van der Waals surface area contributed by atoms with Crippen molar-refractivity contribution in [3.05, 3.63) is 99.9 Å². The van der Waals surface area contributed by atoms with Gasteiger partial charge in [0.05, 0.1) is 0 Å². The van der Waals surface area contributed by atoms with Crippen LogP contribution in [0.15, 0.2) is 48.5 Å². The summed E-state index contributed by atoms with van der Waals surface area (Å²) in [6, 6.07) is 12.5. The third-order valence-corrected chi connectivity index (χ3v) is 4.78. The molecular formula is C22H17F5N2O2. The zero-order valence-electron chi connectivity index (χ0n) is 16.4.